The maximum absolute atomic E-state index is 12.5. The van der Waals surface area contributed by atoms with Crippen molar-refractivity contribution in [2.24, 2.45) is 5.92 Å². The van der Waals surface area contributed by atoms with Gasteiger partial charge in [0.15, 0.2) is 11.7 Å². The quantitative estimate of drug-likeness (QED) is 0.861. The van der Waals surface area contributed by atoms with Crippen molar-refractivity contribution in [3.63, 3.8) is 0 Å². The molecule has 2 aromatic rings. The topological polar surface area (TPSA) is 83.6 Å². The Morgan fingerprint density at radius 1 is 1.31 bits per heavy atom. The SMILES string of the molecule is CC1CCC(C(=O)O)CN1C(=O)CCc1ncc(-c2ccc(Cl)cc2)o1. The largest absolute Gasteiger partial charge is 0.481 e. The number of benzene rings is 1. The third kappa shape index (κ3) is 4.25. The van der Waals surface area contributed by atoms with Crippen molar-refractivity contribution in [3.8, 4) is 11.3 Å². The number of carbonyl (C=O) groups excluding carboxylic acids is 1. The van der Waals surface area contributed by atoms with E-state index in [1.807, 2.05) is 19.1 Å². The van der Waals surface area contributed by atoms with E-state index in [0.717, 1.165) is 5.56 Å². The van der Waals surface area contributed by atoms with Crippen LogP contribution in [0.4, 0.5) is 0 Å². The molecule has 2 heterocycles. The van der Waals surface area contributed by atoms with Gasteiger partial charge in [-0.25, -0.2) is 4.98 Å². The van der Waals surface area contributed by atoms with E-state index in [1.54, 1.807) is 23.2 Å². The Morgan fingerprint density at radius 2 is 2.04 bits per heavy atom. The number of carboxylic acid groups (broad SMARTS) is 1. The smallest absolute Gasteiger partial charge is 0.308 e. The summed E-state index contributed by atoms with van der Waals surface area (Å²) in [6.07, 6.45) is 3.59. The molecule has 1 fully saturated rings. The Bertz CT molecular complexity index is 787. The fourth-order valence-corrected chi connectivity index (χ4v) is 3.31. The van der Waals surface area contributed by atoms with Crippen LogP contribution in [0, 0.1) is 5.92 Å². The van der Waals surface area contributed by atoms with Crippen LogP contribution in [0.2, 0.25) is 5.02 Å². The van der Waals surface area contributed by atoms with Crippen molar-refractivity contribution in [1.29, 1.82) is 0 Å². The number of likely N-dealkylation sites (tertiary alicyclic amines) is 1. The van der Waals surface area contributed by atoms with Crippen LogP contribution in [0.15, 0.2) is 34.9 Å². The standard InChI is InChI=1S/C19H21ClN2O4/c1-12-2-3-14(19(24)25)11-22(12)18(23)9-8-17-21-10-16(26-17)13-4-6-15(20)7-5-13/h4-7,10,12,14H,2-3,8-9,11H2,1H3,(H,24,25). The molecule has 1 aliphatic heterocycles. The number of hydrogen-bond acceptors (Lipinski definition) is 4. The first-order chi connectivity index (χ1) is 12.4. The molecule has 1 aromatic heterocycles. The highest BCUT2D eigenvalue weighted by Crippen LogP contribution is 2.25. The van der Waals surface area contributed by atoms with E-state index in [1.165, 1.54) is 0 Å². The highest BCUT2D eigenvalue weighted by molar-refractivity contribution is 6.30. The number of carbonyl (C=O) groups is 2. The third-order valence-corrected chi connectivity index (χ3v) is 5.04. The molecule has 0 radical (unpaired) electrons. The Labute approximate surface area is 156 Å². The number of aromatic nitrogens is 1. The number of aliphatic carboxylic acids is 1. The molecule has 1 aliphatic rings. The molecule has 6 nitrogen and oxygen atoms in total. The van der Waals surface area contributed by atoms with E-state index < -0.39 is 11.9 Å². The zero-order chi connectivity index (χ0) is 18.7. The minimum atomic E-state index is -0.838. The van der Waals surface area contributed by atoms with Crippen LogP contribution < -0.4 is 0 Å². The van der Waals surface area contributed by atoms with Gasteiger partial charge in [-0.05, 0) is 44.0 Å². The van der Waals surface area contributed by atoms with Gasteiger partial charge < -0.3 is 14.4 Å². The van der Waals surface area contributed by atoms with Crippen LogP contribution in [0.5, 0.6) is 0 Å². The number of nitrogens with zero attached hydrogens (tertiary/aromatic N) is 2. The second kappa shape index (κ2) is 7.91. The first kappa shape index (κ1) is 18.5. The molecule has 0 aliphatic carbocycles. The van der Waals surface area contributed by atoms with Crippen LogP contribution in [0.25, 0.3) is 11.3 Å². The van der Waals surface area contributed by atoms with Crippen molar-refractivity contribution in [1.82, 2.24) is 9.88 Å². The van der Waals surface area contributed by atoms with Crippen LogP contribution in [0.1, 0.15) is 32.1 Å². The summed E-state index contributed by atoms with van der Waals surface area (Å²) in [5.74, 6) is -0.262. The molecule has 1 N–H and O–H groups in total. The van der Waals surface area contributed by atoms with Crippen LogP contribution in [0.3, 0.4) is 0 Å². The molecule has 2 unspecified atom stereocenters. The number of halogens is 1. The van der Waals surface area contributed by atoms with Gasteiger partial charge in [-0.1, -0.05) is 11.6 Å². The molecule has 2 atom stereocenters. The van der Waals surface area contributed by atoms with Gasteiger partial charge in [0.2, 0.25) is 5.91 Å². The number of piperidine rings is 1. The molecule has 0 saturated carbocycles. The summed E-state index contributed by atoms with van der Waals surface area (Å²) in [6.45, 7) is 2.23. The van der Waals surface area contributed by atoms with Gasteiger partial charge in [0.25, 0.3) is 0 Å². The summed E-state index contributed by atoms with van der Waals surface area (Å²) in [6, 6.07) is 7.31. The monoisotopic (exact) mass is 376 g/mol. The van der Waals surface area contributed by atoms with Crippen molar-refractivity contribution in [2.45, 2.75) is 38.6 Å². The first-order valence-electron chi connectivity index (χ1n) is 8.67. The minimum Gasteiger partial charge on any atom is -0.481 e. The summed E-state index contributed by atoms with van der Waals surface area (Å²) < 4.78 is 5.71. The molecule has 1 aromatic carbocycles. The highest BCUT2D eigenvalue weighted by atomic mass is 35.5. The van der Waals surface area contributed by atoms with Crippen molar-refractivity contribution in [2.75, 3.05) is 6.54 Å². The third-order valence-electron chi connectivity index (χ3n) is 4.79. The van der Waals surface area contributed by atoms with Crippen LogP contribution in [-0.2, 0) is 16.0 Å². The Kier molecular flexibility index (Phi) is 5.61. The predicted octanol–water partition coefficient (Wildman–Crippen LogP) is 3.64. The second-order valence-electron chi connectivity index (χ2n) is 6.63. The Morgan fingerprint density at radius 3 is 2.73 bits per heavy atom. The lowest BCUT2D eigenvalue weighted by molar-refractivity contribution is -0.147. The number of oxazole rings is 1. The van der Waals surface area contributed by atoms with Crippen molar-refractivity contribution >= 4 is 23.5 Å². The summed E-state index contributed by atoms with van der Waals surface area (Å²) in [4.78, 5) is 29.6. The zero-order valence-corrected chi connectivity index (χ0v) is 15.3. The van der Waals surface area contributed by atoms with Crippen molar-refractivity contribution in [3.05, 3.63) is 41.4 Å². The lowest BCUT2D eigenvalue weighted by Gasteiger charge is -2.36. The molecule has 138 valence electrons. The van der Waals surface area contributed by atoms with Gasteiger partial charge in [0.05, 0.1) is 12.1 Å². The van der Waals surface area contributed by atoms with Gasteiger partial charge in [-0.15, -0.1) is 0 Å². The van der Waals surface area contributed by atoms with Gasteiger partial charge >= 0.3 is 5.97 Å². The van der Waals surface area contributed by atoms with Crippen LogP contribution in [-0.4, -0.2) is 39.5 Å². The predicted molar refractivity (Wildman–Crippen MR) is 96.8 cm³/mol. The molecule has 1 saturated heterocycles. The normalized spacial score (nSPS) is 20.2. The minimum absolute atomic E-state index is 0.0605. The van der Waals surface area contributed by atoms with Crippen molar-refractivity contribution < 1.29 is 19.1 Å². The number of aryl methyl sites for hydroxylation is 1. The van der Waals surface area contributed by atoms with Gasteiger partial charge in [-0.3, -0.25) is 9.59 Å². The molecule has 3 rings (SSSR count). The van der Waals surface area contributed by atoms with E-state index in [0.29, 0.717) is 35.9 Å². The average Bonchev–Trinajstić information content (AvgIpc) is 3.09. The lowest BCUT2D eigenvalue weighted by Crippen LogP contribution is -2.47. The van der Waals surface area contributed by atoms with Gasteiger partial charge in [0, 0.05) is 36.0 Å². The number of carboxylic acids is 1. The van der Waals surface area contributed by atoms with Gasteiger partial charge in [-0.2, -0.15) is 0 Å². The fraction of sp³-hybridized carbons (Fsp3) is 0.421. The number of rotatable bonds is 5. The molecule has 26 heavy (non-hydrogen) atoms. The summed E-state index contributed by atoms with van der Waals surface area (Å²) in [5, 5.41) is 9.84. The maximum Gasteiger partial charge on any atom is 0.308 e. The Hall–Kier alpha value is -2.34. The molecule has 1 amide bonds. The average molecular weight is 377 g/mol. The first-order valence-corrected chi connectivity index (χ1v) is 9.04. The van der Waals surface area contributed by atoms with E-state index >= 15 is 0 Å². The lowest BCUT2D eigenvalue weighted by atomic mass is 9.93. The van der Waals surface area contributed by atoms with Gasteiger partial charge in [0.1, 0.15) is 0 Å². The molecule has 0 spiro atoms. The van der Waals surface area contributed by atoms with E-state index in [9.17, 15) is 14.7 Å². The molecular formula is C19H21ClN2O4. The molecule has 0 bridgehead atoms. The maximum atomic E-state index is 12.5. The van der Waals surface area contributed by atoms with E-state index in [4.69, 9.17) is 16.0 Å². The fourth-order valence-electron chi connectivity index (χ4n) is 3.19. The van der Waals surface area contributed by atoms with E-state index in [2.05, 4.69) is 4.98 Å². The van der Waals surface area contributed by atoms with Crippen LogP contribution >= 0.6 is 11.6 Å². The summed E-state index contributed by atoms with van der Waals surface area (Å²) in [5.41, 5.74) is 0.869. The number of amides is 1. The Balaban J connectivity index is 1.59. The molecular weight excluding hydrogens is 356 g/mol. The number of hydrogen-bond donors (Lipinski definition) is 1. The second-order valence-corrected chi connectivity index (χ2v) is 7.07. The van der Waals surface area contributed by atoms with E-state index in [-0.39, 0.29) is 24.9 Å². The summed E-state index contributed by atoms with van der Waals surface area (Å²) in [7, 11) is 0. The zero-order valence-electron chi connectivity index (χ0n) is 14.5. The summed E-state index contributed by atoms with van der Waals surface area (Å²) >= 11 is 5.88. The molecule has 7 heteroatoms. The highest BCUT2D eigenvalue weighted by Gasteiger charge is 2.32.